The van der Waals surface area contributed by atoms with Gasteiger partial charge in [0.2, 0.25) is 0 Å². The first-order valence-electron chi connectivity index (χ1n) is 4.54. The molecule has 2 N–H and O–H groups in total. The molecule has 16 heavy (non-hydrogen) atoms. The second kappa shape index (κ2) is 4.86. The number of nitrogens with one attached hydrogen (secondary N) is 1. The zero-order valence-electron chi connectivity index (χ0n) is 8.21. The lowest BCUT2D eigenvalue weighted by Gasteiger charge is -1.94. The van der Waals surface area contributed by atoms with Crippen molar-refractivity contribution in [2.45, 2.75) is 6.54 Å². The largest absolute Gasteiger partial charge is 0.480 e. The van der Waals surface area contributed by atoms with Gasteiger partial charge in [-0.3, -0.25) is 10.1 Å². The van der Waals surface area contributed by atoms with Crippen molar-refractivity contribution in [1.82, 2.24) is 15.5 Å². The summed E-state index contributed by atoms with van der Waals surface area (Å²) in [4.78, 5) is 15.3. The van der Waals surface area contributed by atoms with Crippen LogP contribution in [0.4, 0.5) is 0 Å². The lowest BCUT2D eigenvalue weighted by molar-refractivity contribution is -0.136. The number of rotatable bonds is 5. The highest BCUT2D eigenvalue weighted by Crippen LogP contribution is 2.22. The zero-order chi connectivity index (χ0) is 11.4. The van der Waals surface area contributed by atoms with Gasteiger partial charge in [-0.1, -0.05) is 11.2 Å². The Labute approximate surface area is 94.9 Å². The van der Waals surface area contributed by atoms with Crippen LogP contribution >= 0.6 is 11.3 Å². The molecule has 2 rings (SSSR count). The zero-order valence-corrected chi connectivity index (χ0v) is 9.03. The molecule has 7 heteroatoms. The summed E-state index contributed by atoms with van der Waals surface area (Å²) in [6.45, 7) is 0.157. The minimum atomic E-state index is -0.915. The maximum absolute atomic E-state index is 10.3. The number of nitrogens with zero attached hydrogens (tertiary/aromatic N) is 2. The fourth-order valence-corrected chi connectivity index (χ4v) is 1.75. The molecule has 6 nitrogen and oxygen atoms in total. The summed E-state index contributed by atoms with van der Waals surface area (Å²) in [5.41, 5.74) is 0. The normalized spacial score (nSPS) is 10.5. The number of aromatic nitrogens is 2. The molecular formula is C9H9N3O3S. The maximum Gasteiger partial charge on any atom is 0.317 e. The van der Waals surface area contributed by atoms with E-state index in [1.165, 1.54) is 11.3 Å². The number of carboxylic acid groups (broad SMARTS) is 1. The third-order valence-corrected chi connectivity index (χ3v) is 2.62. The van der Waals surface area contributed by atoms with Crippen molar-refractivity contribution < 1.29 is 14.4 Å². The fourth-order valence-electron chi connectivity index (χ4n) is 1.11. The van der Waals surface area contributed by atoms with Crippen molar-refractivity contribution in [1.29, 1.82) is 0 Å². The van der Waals surface area contributed by atoms with Crippen molar-refractivity contribution in [3.63, 3.8) is 0 Å². The van der Waals surface area contributed by atoms with Gasteiger partial charge in [-0.2, -0.15) is 4.98 Å². The van der Waals surface area contributed by atoms with Crippen LogP contribution in [0.15, 0.2) is 22.0 Å². The van der Waals surface area contributed by atoms with E-state index in [1.807, 2.05) is 17.5 Å². The second-order valence-corrected chi connectivity index (χ2v) is 3.94. The number of carboxylic acids is 1. The van der Waals surface area contributed by atoms with Crippen LogP contribution < -0.4 is 5.32 Å². The molecular weight excluding hydrogens is 230 g/mol. The molecule has 2 aromatic heterocycles. The SMILES string of the molecule is O=C(O)CNCc1noc(-c2cccs2)n1. The minimum absolute atomic E-state index is 0.122. The van der Waals surface area contributed by atoms with Crippen molar-refractivity contribution in [2.75, 3.05) is 6.54 Å². The molecule has 2 aromatic rings. The van der Waals surface area contributed by atoms with E-state index in [2.05, 4.69) is 15.5 Å². The van der Waals surface area contributed by atoms with Crippen LogP contribution in [0.5, 0.6) is 0 Å². The molecule has 0 bridgehead atoms. The van der Waals surface area contributed by atoms with E-state index in [9.17, 15) is 4.79 Å². The molecule has 0 spiro atoms. The topological polar surface area (TPSA) is 88.2 Å². The summed E-state index contributed by atoms with van der Waals surface area (Å²) >= 11 is 1.51. The molecule has 0 radical (unpaired) electrons. The molecule has 0 saturated carbocycles. The van der Waals surface area contributed by atoms with E-state index < -0.39 is 5.97 Å². The smallest absolute Gasteiger partial charge is 0.317 e. The molecule has 0 unspecified atom stereocenters. The first-order chi connectivity index (χ1) is 7.75. The number of thiophene rings is 1. The third kappa shape index (κ3) is 2.65. The molecule has 0 aromatic carbocycles. The molecule has 2 heterocycles. The summed E-state index contributed by atoms with van der Waals surface area (Å²) in [5.74, 6) is -0.00579. The van der Waals surface area contributed by atoms with Gasteiger partial charge >= 0.3 is 5.97 Å². The second-order valence-electron chi connectivity index (χ2n) is 2.99. The highest BCUT2D eigenvalue weighted by molar-refractivity contribution is 7.13. The summed E-state index contributed by atoms with van der Waals surface area (Å²) in [6, 6.07) is 3.78. The van der Waals surface area contributed by atoms with Gasteiger partial charge in [0.25, 0.3) is 5.89 Å². The van der Waals surface area contributed by atoms with Crippen LogP contribution in [0.3, 0.4) is 0 Å². The van der Waals surface area contributed by atoms with E-state index in [4.69, 9.17) is 9.63 Å². The number of hydrogen-bond donors (Lipinski definition) is 2. The minimum Gasteiger partial charge on any atom is -0.480 e. The average Bonchev–Trinajstić information content (AvgIpc) is 2.85. The van der Waals surface area contributed by atoms with Gasteiger partial charge in [0.1, 0.15) is 0 Å². The van der Waals surface area contributed by atoms with Crippen LogP contribution in [-0.4, -0.2) is 27.8 Å². The molecule has 0 aliphatic heterocycles. The summed E-state index contributed by atoms with van der Waals surface area (Å²) < 4.78 is 5.03. The highest BCUT2D eigenvalue weighted by Gasteiger charge is 2.09. The Morgan fingerprint density at radius 1 is 1.62 bits per heavy atom. The van der Waals surface area contributed by atoms with Gasteiger partial charge in [-0.15, -0.1) is 11.3 Å². The Morgan fingerprint density at radius 2 is 2.50 bits per heavy atom. The fraction of sp³-hybridized carbons (Fsp3) is 0.222. The van der Waals surface area contributed by atoms with Crippen LogP contribution in [-0.2, 0) is 11.3 Å². The first-order valence-corrected chi connectivity index (χ1v) is 5.42. The Hall–Kier alpha value is -1.73. The third-order valence-electron chi connectivity index (χ3n) is 1.76. The lowest BCUT2D eigenvalue weighted by atomic mass is 10.5. The number of carbonyl (C=O) groups is 1. The van der Waals surface area contributed by atoms with E-state index in [1.54, 1.807) is 0 Å². The Balaban J connectivity index is 1.95. The Kier molecular flexibility index (Phi) is 3.28. The van der Waals surface area contributed by atoms with Gasteiger partial charge in [0, 0.05) is 0 Å². The molecule has 0 aliphatic rings. The Bertz CT molecular complexity index is 466. The van der Waals surface area contributed by atoms with E-state index in [-0.39, 0.29) is 13.1 Å². The quantitative estimate of drug-likeness (QED) is 0.808. The number of aliphatic carboxylic acids is 1. The molecule has 0 fully saturated rings. The summed E-state index contributed by atoms with van der Waals surface area (Å²) in [6.07, 6.45) is 0. The van der Waals surface area contributed by atoms with Crippen LogP contribution in [0, 0.1) is 0 Å². The van der Waals surface area contributed by atoms with E-state index in [0.29, 0.717) is 11.7 Å². The summed E-state index contributed by atoms with van der Waals surface area (Å²) in [7, 11) is 0. The van der Waals surface area contributed by atoms with Crippen LogP contribution in [0.1, 0.15) is 5.82 Å². The summed E-state index contributed by atoms with van der Waals surface area (Å²) in [5, 5.41) is 16.8. The average molecular weight is 239 g/mol. The number of hydrogen-bond acceptors (Lipinski definition) is 6. The van der Waals surface area contributed by atoms with Gasteiger partial charge in [-0.05, 0) is 11.4 Å². The van der Waals surface area contributed by atoms with Crippen LogP contribution in [0.25, 0.3) is 10.8 Å². The first kappa shape index (κ1) is 10.8. The van der Waals surface area contributed by atoms with Crippen molar-refractivity contribution in [3.05, 3.63) is 23.3 Å². The standard InChI is InChI=1S/C9H9N3O3S/c13-8(14)5-10-4-7-11-9(15-12-7)6-2-1-3-16-6/h1-3,10H,4-5H2,(H,13,14). The monoisotopic (exact) mass is 239 g/mol. The van der Waals surface area contributed by atoms with Crippen LogP contribution in [0.2, 0.25) is 0 Å². The van der Waals surface area contributed by atoms with Crippen molar-refractivity contribution in [2.24, 2.45) is 0 Å². The molecule has 0 saturated heterocycles. The Morgan fingerprint density at radius 3 is 3.19 bits per heavy atom. The van der Waals surface area contributed by atoms with E-state index >= 15 is 0 Å². The predicted molar refractivity (Wildman–Crippen MR) is 57.0 cm³/mol. The molecule has 0 atom stereocenters. The van der Waals surface area contributed by atoms with Gasteiger partial charge < -0.3 is 9.63 Å². The van der Waals surface area contributed by atoms with Crippen molar-refractivity contribution in [3.8, 4) is 10.8 Å². The molecule has 0 aliphatic carbocycles. The lowest BCUT2D eigenvalue weighted by Crippen LogP contribution is -2.22. The van der Waals surface area contributed by atoms with Gasteiger partial charge in [0.05, 0.1) is 18.0 Å². The van der Waals surface area contributed by atoms with Crippen molar-refractivity contribution >= 4 is 17.3 Å². The van der Waals surface area contributed by atoms with Gasteiger partial charge in [0.15, 0.2) is 5.82 Å². The van der Waals surface area contributed by atoms with Gasteiger partial charge in [-0.25, -0.2) is 0 Å². The maximum atomic E-state index is 10.3. The highest BCUT2D eigenvalue weighted by atomic mass is 32.1. The molecule has 0 amide bonds. The predicted octanol–water partition coefficient (Wildman–Crippen LogP) is 0.972. The molecule has 84 valence electrons. The van der Waals surface area contributed by atoms with E-state index in [0.717, 1.165) is 4.88 Å².